The number of hydrogen-bond acceptors (Lipinski definition) is 3. The number of alkyl halides is 1. The van der Waals surface area contributed by atoms with Crippen molar-refractivity contribution in [2.24, 2.45) is 0 Å². The van der Waals surface area contributed by atoms with E-state index in [2.05, 4.69) is 33.0 Å². The van der Waals surface area contributed by atoms with Crippen LogP contribution in [0.1, 0.15) is 5.56 Å². The summed E-state index contributed by atoms with van der Waals surface area (Å²) in [6.07, 6.45) is 0. The van der Waals surface area contributed by atoms with Gasteiger partial charge in [-0.05, 0) is 17.7 Å². The highest BCUT2D eigenvalue weighted by molar-refractivity contribution is 9.09. The lowest BCUT2D eigenvalue weighted by atomic mass is 10.2. The molecule has 0 bridgehead atoms. The predicted octanol–water partition coefficient (Wildman–Crippen LogP) is 2.54. The molecule has 0 heterocycles. The molecular formula is C13H20BrNO2. The van der Waals surface area contributed by atoms with Crippen molar-refractivity contribution in [1.82, 2.24) is 4.90 Å². The molecule has 1 rings (SSSR count). The van der Waals surface area contributed by atoms with Crippen molar-refractivity contribution in [2.75, 3.05) is 39.2 Å². The van der Waals surface area contributed by atoms with Gasteiger partial charge in [0.05, 0.1) is 13.7 Å². The van der Waals surface area contributed by atoms with Gasteiger partial charge in [0.15, 0.2) is 0 Å². The second-order valence-electron chi connectivity index (χ2n) is 3.81. The number of nitrogens with zero attached hydrogens (tertiary/aromatic N) is 1. The van der Waals surface area contributed by atoms with Gasteiger partial charge in [0.1, 0.15) is 5.75 Å². The standard InChI is InChI=1S/C13H20BrNO2/c1-16-9-8-15(7-6-14)11-12-4-3-5-13(10-12)17-2/h3-5,10H,6-9,11H2,1-2H3. The van der Waals surface area contributed by atoms with Gasteiger partial charge in [-0.1, -0.05) is 28.1 Å². The second-order valence-corrected chi connectivity index (χ2v) is 4.60. The Bertz CT molecular complexity index is 320. The summed E-state index contributed by atoms with van der Waals surface area (Å²) in [5, 5.41) is 0.973. The summed E-state index contributed by atoms with van der Waals surface area (Å²) in [7, 11) is 3.43. The number of halogens is 1. The SMILES string of the molecule is COCCN(CCBr)Cc1cccc(OC)c1. The largest absolute Gasteiger partial charge is 0.497 e. The van der Waals surface area contributed by atoms with E-state index < -0.39 is 0 Å². The average Bonchev–Trinajstić information content (AvgIpc) is 2.36. The zero-order valence-corrected chi connectivity index (χ0v) is 12.1. The van der Waals surface area contributed by atoms with Gasteiger partial charge in [-0.3, -0.25) is 4.90 Å². The molecule has 0 unspecified atom stereocenters. The van der Waals surface area contributed by atoms with E-state index in [9.17, 15) is 0 Å². The highest BCUT2D eigenvalue weighted by Crippen LogP contribution is 2.14. The minimum absolute atomic E-state index is 0.761. The van der Waals surface area contributed by atoms with E-state index in [1.54, 1.807) is 14.2 Å². The molecule has 3 nitrogen and oxygen atoms in total. The van der Waals surface area contributed by atoms with E-state index in [4.69, 9.17) is 9.47 Å². The van der Waals surface area contributed by atoms with Crippen molar-refractivity contribution in [2.45, 2.75) is 6.54 Å². The third-order valence-corrected chi connectivity index (χ3v) is 2.91. The fraction of sp³-hybridized carbons (Fsp3) is 0.538. The lowest BCUT2D eigenvalue weighted by Crippen LogP contribution is -2.28. The van der Waals surface area contributed by atoms with Gasteiger partial charge in [-0.25, -0.2) is 0 Å². The van der Waals surface area contributed by atoms with Crippen LogP contribution in [0.4, 0.5) is 0 Å². The zero-order valence-electron chi connectivity index (χ0n) is 10.5. The Hall–Kier alpha value is -0.580. The third kappa shape index (κ3) is 5.52. The lowest BCUT2D eigenvalue weighted by molar-refractivity contribution is 0.148. The Morgan fingerprint density at radius 2 is 2.06 bits per heavy atom. The summed E-state index contributed by atoms with van der Waals surface area (Å²) in [5.74, 6) is 0.910. The molecule has 4 heteroatoms. The first kappa shape index (κ1) is 14.5. The maximum Gasteiger partial charge on any atom is 0.119 e. The van der Waals surface area contributed by atoms with Crippen molar-refractivity contribution in [3.63, 3.8) is 0 Å². The minimum Gasteiger partial charge on any atom is -0.497 e. The number of ether oxygens (including phenoxy) is 2. The van der Waals surface area contributed by atoms with Crippen LogP contribution in [-0.4, -0.2) is 44.1 Å². The quantitative estimate of drug-likeness (QED) is 0.689. The summed E-state index contributed by atoms with van der Waals surface area (Å²) < 4.78 is 10.3. The van der Waals surface area contributed by atoms with Crippen LogP contribution in [0.15, 0.2) is 24.3 Å². The van der Waals surface area contributed by atoms with Crippen LogP contribution in [0.5, 0.6) is 5.75 Å². The molecule has 96 valence electrons. The van der Waals surface area contributed by atoms with Gasteiger partial charge in [0.25, 0.3) is 0 Å². The Morgan fingerprint density at radius 1 is 1.24 bits per heavy atom. The molecule has 1 aromatic rings. The third-order valence-electron chi connectivity index (χ3n) is 2.55. The molecule has 0 N–H and O–H groups in total. The van der Waals surface area contributed by atoms with Crippen LogP contribution in [0, 0.1) is 0 Å². The molecule has 0 amide bonds. The Balaban J connectivity index is 2.57. The maximum atomic E-state index is 5.23. The maximum absolute atomic E-state index is 5.23. The zero-order chi connectivity index (χ0) is 12.5. The van der Waals surface area contributed by atoms with Crippen LogP contribution < -0.4 is 4.74 Å². The van der Waals surface area contributed by atoms with Crippen LogP contribution in [0.3, 0.4) is 0 Å². The lowest BCUT2D eigenvalue weighted by Gasteiger charge is -2.21. The van der Waals surface area contributed by atoms with Crippen LogP contribution in [-0.2, 0) is 11.3 Å². The van der Waals surface area contributed by atoms with Gasteiger partial charge in [0.2, 0.25) is 0 Å². The van der Waals surface area contributed by atoms with Crippen LogP contribution in [0.2, 0.25) is 0 Å². The van der Waals surface area contributed by atoms with Crippen LogP contribution in [0.25, 0.3) is 0 Å². The van der Waals surface area contributed by atoms with E-state index in [1.807, 2.05) is 12.1 Å². The molecule has 17 heavy (non-hydrogen) atoms. The average molecular weight is 302 g/mol. The first-order valence-electron chi connectivity index (χ1n) is 5.70. The summed E-state index contributed by atoms with van der Waals surface area (Å²) in [4.78, 5) is 2.35. The van der Waals surface area contributed by atoms with Crippen molar-refractivity contribution in [3.8, 4) is 5.75 Å². The fourth-order valence-electron chi connectivity index (χ4n) is 1.64. The van der Waals surface area contributed by atoms with Gasteiger partial charge < -0.3 is 9.47 Å². The molecule has 0 aliphatic rings. The Morgan fingerprint density at radius 3 is 2.71 bits per heavy atom. The van der Waals surface area contributed by atoms with E-state index in [0.29, 0.717) is 0 Å². The number of rotatable bonds is 8. The molecule has 1 aromatic carbocycles. The van der Waals surface area contributed by atoms with E-state index in [1.165, 1.54) is 5.56 Å². The van der Waals surface area contributed by atoms with E-state index in [-0.39, 0.29) is 0 Å². The van der Waals surface area contributed by atoms with Crippen molar-refractivity contribution in [3.05, 3.63) is 29.8 Å². The number of benzene rings is 1. The first-order valence-corrected chi connectivity index (χ1v) is 6.82. The molecule has 0 aromatic heterocycles. The smallest absolute Gasteiger partial charge is 0.119 e. The highest BCUT2D eigenvalue weighted by Gasteiger charge is 2.05. The molecule has 0 spiro atoms. The Kier molecular flexibility index (Phi) is 7.24. The molecular weight excluding hydrogens is 282 g/mol. The van der Waals surface area contributed by atoms with E-state index in [0.717, 1.165) is 37.3 Å². The van der Waals surface area contributed by atoms with Gasteiger partial charge in [-0.15, -0.1) is 0 Å². The highest BCUT2D eigenvalue weighted by atomic mass is 79.9. The monoisotopic (exact) mass is 301 g/mol. The molecule has 0 aliphatic heterocycles. The van der Waals surface area contributed by atoms with Crippen molar-refractivity contribution >= 4 is 15.9 Å². The topological polar surface area (TPSA) is 21.7 Å². The van der Waals surface area contributed by atoms with Gasteiger partial charge in [-0.2, -0.15) is 0 Å². The number of methoxy groups -OCH3 is 2. The van der Waals surface area contributed by atoms with Crippen molar-refractivity contribution < 1.29 is 9.47 Å². The minimum atomic E-state index is 0.761. The molecule has 0 atom stereocenters. The summed E-state index contributed by atoms with van der Waals surface area (Å²) in [6, 6.07) is 8.19. The number of hydrogen-bond donors (Lipinski definition) is 0. The van der Waals surface area contributed by atoms with Gasteiger partial charge in [0, 0.05) is 32.1 Å². The normalized spacial score (nSPS) is 10.8. The summed E-state index contributed by atoms with van der Waals surface area (Å²) >= 11 is 3.48. The van der Waals surface area contributed by atoms with Crippen LogP contribution >= 0.6 is 15.9 Å². The van der Waals surface area contributed by atoms with E-state index >= 15 is 0 Å². The molecule has 0 aliphatic carbocycles. The fourth-order valence-corrected chi connectivity index (χ4v) is 2.14. The molecule has 0 saturated carbocycles. The van der Waals surface area contributed by atoms with Gasteiger partial charge >= 0.3 is 0 Å². The van der Waals surface area contributed by atoms with Crippen molar-refractivity contribution in [1.29, 1.82) is 0 Å². The first-order chi connectivity index (χ1) is 8.30. The summed E-state index contributed by atoms with van der Waals surface area (Å²) in [5.41, 5.74) is 1.27. The predicted molar refractivity (Wildman–Crippen MR) is 73.9 cm³/mol. The molecule has 0 saturated heterocycles. The Labute approximate surface area is 112 Å². The molecule has 0 radical (unpaired) electrons. The second kappa shape index (κ2) is 8.50. The molecule has 0 fully saturated rings. The summed E-state index contributed by atoms with van der Waals surface area (Å²) in [6.45, 7) is 3.64.